The molecular formula is C13H19NO3. The molecule has 2 N–H and O–H groups in total. The van der Waals surface area contributed by atoms with Crippen molar-refractivity contribution in [3.05, 3.63) is 23.8 Å². The number of hydrogen-bond donors (Lipinski definition) is 2. The Hall–Kier alpha value is -1.26. The van der Waals surface area contributed by atoms with Crippen molar-refractivity contribution in [1.29, 1.82) is 0 Å². The Morgan fingerprint density at radius 3 is 2.71 bits per heavy atom. The van der Waals surface area contributed by atoms with Gasteiger partial charge in [0.25, 0.3) is 0 Å². The number of rotatable bonds is 2. The van der Waals surface area contributed by atoms with E-state index in [0.29, 0.717) is 0 Å². The monoisotopic (exact) mass is 237 g/mol. The molecule has 0 saturated heterocycles. The number of methoxy groups -OCH3 is 1. The Morgan fingerprint density at radius 1 is 1.41 bits per heavy atom. The third-order valence-electron chi connectivity index (χ3n) is 3.23. The van der Waals surface area contributed by atoms with Gasteiger partial charge in [-0.25, -0.2) is 0 Å². The standard InChI is InChI=1S/C13H19NO3/c1-13(2)12(15)11(16-4)9-7-8(14-3)5-6-10(9)17-13/h5-7,11-12,14-15H,1-4H3/t11-,12+/m1/s1. The van der Waals surface area contributed by atoms with E-state index in [1.165, 1.54) is 0 Å². The highest BCUT2D eigenvalue weighted by Gasteiger charge is 2.43. The number of ether oxygens (including phenoxy) is 2. The predicted molar refractivity (Wildman–Crippen MR) is 66.5 cm³/mol. The summed E-state index contributed by atoms with van der Waals surface area (Å²) < 4.78 is 11.2. The van der Waals surface area contributed by atoms with Crippen LogP contribution in [0.15, 0.2) is 18.2 Å². The van der Waals surface area contributed by atoms with Crippen LogP contribution in [-0.2, 0) is 4.74 Å². The van der Waals surface area contributed by atoms with Gasteiger partial charge >= 0.3 is 0 Å². The molecule has 0 aliphatic carbocycles. The molecule has 94 valence electrons. The third kappa shape index (κ3) is 1.98. The fraction of sp³-hybridized carbons (Fsp3) is 0.538. The van der Waals surface area contributed by atoms with Crippen LogP contribution in [0.5, 0.6) is 5.75 Å². The normalized spacial score (nSPS) is 25.9. The van der Waals surface area contributed by atoms with Crippen molar-refractivity contribution in [1.82, 2.24) is 0 Å². The Bertz CT molecular complexity index is 417. The highest BCUT2D eigenvalue weighted by Crippen LogP contribution is 2.42. The van der Waals surface area contributed by atoms with Gasteiger partial charge in [-0.2, -0.15) is 0 Å². The molecule has 4 heteroatoms. The van der Waals surface area contributed by atoms with Crippen molar-refractivity contribution >= 4 is 5.69 Å². The van der Waals surface area contributed by atoms with Crippen molar-refractivity contribution < 1.29 is 14.6 Å². The minimum absolute atomic E-state index is 0.359. The molecule has 0 unspecified atom stereocenters. The Morgan fingerprint density at radius 2 is 2.12 bits per heavy atom. The number of nitrogens with one attached hydrogen (secondary N) is 1. The number of aliphatic hydroxyl groups is 1. The van der Waals surface area contributed by atoms with Crippen molar-refractivity contribution in [2.45, 2.75) is 31.7 Å². The van der Waals surface area contributed by atoms with E-state index in [2.05, 4.69) is 5.32 Å². The molecule has 0 bridgehead atoms. The summed E-state index contributed by atoms with van der Waals surface area (Å²) in [7, 11) is 3.46. The predicted octanol–water partition coefficient (Wildman–Crippen LogP) is 1.95. The molecule has 1 aromatic carbocycles. The summed E-state index contributed by atoms with van der Waals surface area (Å²) in [6, 6.07) is 5.79. The topological polar surface area (TPSA) is 50.7 Å². The first kappa shape index (κ1) is 12.2. The lowest BCUT2D eigenvalue weighted by atomic mass is 9.88. The zero-order chi connectivity index (χ0) is 12.6. The van der Waals surface area contributed by atoms with Gasteiger partial charge in [-0.15, -0.1) is 0 Å². The van der Waals surface area contributed by atoms with E-state index in [1.54, 1.807) is 7.11 Å². The summed E-state index contributed by atoms with van der Waals surface area (Å²) in [4.78, 5) is 0. The Kier molecular flexibility index (Phi) is 3.02. The van der Waals surface area contributed by atoms with Crippen molar-refractivity contribution in [2.24, 2.45) is 0 Å². The molecule has 1 aliphatic heterocycles. The quantitative estimate of drug-likeness (QED) is 0.825. The lowest BCUT2D eigenvalue weighted by Gasteiger charge is -2.41. The summed E-state index contributed by atoms with van der Waals surface area (Å²) >= 11 is 0. The van der Waals surface area contributed by atoms with E-state index in [1.807, 2.05) is 39.1 Å². The summed E-state index contributed by atoms with van der Waals surface area (Å²) in [5.74, 6) is 0.770. The summed E-state index contributed by atoms with van der Waals surface area (Å²) in [5.41, 5.74) is 1.21. The fourth-order valence-corrected chi connectivity index (χ4v) is 2.15. The molecule has 2 atom stereocenters. The molecule has 0 fully saturated rings. The van der Waals surface area contributed by atoms with Crippen LogP contribution in [-0.4, -0.2) is 31.0 Å². The molecule has 0 radical (unpaired) electrons. The number of aliphatic hydroxyl groups excluding tert-OH is 1. The van der Waals surface area contributed by atoms with Gasteiger partial charge in [0, 0.05) is 25.4 Å². The van der Waals surface area contributed by atoms with Gasteiger partial charge in [-0.1, -0.05) is 0 Å². The molecule has 0 amide bonds. The first-order valence-corrected chi connectivity index (χ1v) is 5.71. The van der Waals surface area contributed by atoms with Gasteiger partial charge in [0.2, 0.25) is 0 Å². The molecular weight excluding hydrogens is 218 g/mol. The van der Waals surface area contributed by atoms with E-state index >= 15 is 0 Å². The summed E-state index contributed by atoms with van der Waals surface area (Å²) in [6.45, 7) is 3.72. The van der Waals surface area contributed by atoms with Gasteiger partial charge in [0.1, 0.15) is 23.6 Å². The number of anilines is 1. The van der Waals surface area contributed by atoms with Crippen LogP contribution in [0.2, 0.25) is 0 Å². The van der Waals surface area contributed by atoms with Crippen LogP contribution >= 0.6 is 0 Å². The molecule has 1 aromatic rings. The van der Waals surface area contributed by atoms with Crippen LogP contribution in [0, 0.1) is 0 Å². The van der Waals surface area contributed by atoms with E-state index in [0.717, 1.165) is 17.0 Å². The maximum atomic E-state index is 10.2. The molecule has 0 aromatic heterocycles. The maximum Gasteiger partial charge on any atom is 0.132 e. The van der Waals surface area contributed by atoms with E-state index < -0.39 is 11.7 Å². The van der Waals surface area contributed by atoms with Crippen molar-refractivity contribution in [2.75, 3.05) is 19.5 Å². The Balaban J connectivity index is 2.49. The molecule has 1 aliphatic rings. The zero-order valence-corrected chi connectivity index (χ0v) is 10.7. The maximum absolute atomic E-state index is 10.2. The second-order valence-corrected chi connectivity index (χ2v) is 4.81. The molecule has 2 rings (SSSR count). The molecule has 0 spiro atoms. The van der Waals surface area contributed by atoms with Gasteiger partial charge < -0.3 is 19.9 Å². The highest BCUT2D eigenvalue weighted by atomic mass is 16.5. The highest BCUT2D eigenvalue weighted by molar-refractivity contribution is 5.53. The number of hydrogen-bond acceptors (Lipinski definition) is 4. The Labute approximate surface area is 102 Å². The third-order valence-corrected chi connectivity index (χ3v) is 3.23. The number of benzene rings is 1. The van der Waals surface area contributed by atoms with Gasteiger partial charge in [0.15, 0.2) is 0 Å². The average Bonchev–Trinajstić information content (AvgIpc) is 2.30. The second-order valence-electron chi connectivity index (χ2n) is 4.81. The number of fused-ring (bicyclic) bond motifs is 1. The van der Waals surface area contributed by atoms with E-state index in [9.17, 15) is 5.11 Å². The lowest BCUT2D eigenvalue weighted by molar-refractivity contribution is -0.124. The van der Waals surface area contributed by atoms with Crippen molar-refractivity contribution in [3.8, 4) is 5.75 Å². The minimum Gasteiger partial charge on any atom is -0.485 e. The van der Waals surface area contributed by atoms with E-state index in [-0.39, 0.29) is 6.10 Å². The van der Waals surface area contributed by atoms with Crippen LogP contribution in [0.4, 0.5) is 5.69 Å². The van der Waals surface area contributed by atoms with Crippen molar-refractivity contribution in [3.63, 3.8) is 0 Å². The molecule has 17 heavy (non-hydrogen) atoms. The molecule has 0 saturated carbocycles. The molecule has 4 nitrogen and oxygen atoms in total. The summed E-state index contributed by atoms with van der Waals surface area (Å²) in [5, 5.41) is 13.3. The van der Waals surface area contributed by atoms with Crippen LogP contribution in [0.1, 0.15) is 25.5 Å². The first-order chi connectivity index (χ1) is 7.99. The fourth-order valence-electron chi connectivity index (χ4n) is 2.15. The van der Waals surface area contributed by atoms with Gasteiger partial charge in [-0.3, -0.25) is 0 Å². The van der Waals surface area contributed by atoms with Gasteiger partial charge in [0.05, 0.1) is 0 Å². The first-order valence-electron chi connectivity index (χ1n) is 5.71. The van der Waals surface area contributed by atoms with Crippen LogP contribution in [0.3, 0.4) is 0 Å². The second kappa shape index (κ2) is 4.20. The average molecular weight is 237 g/mol. The largest absolute Gasteiger partial charge is 0.485 e. The zero-order valence-electron chi connectivity index (χ0n) is 10.7. The van der Waals surface area contributed by atoms with Crippen LogP contribution in [0.25, 0.3) is 0 Å². The summed E-state index contributed by atoms with van der Waals surface area (Å²) in [6.07, 6.45) is -1.05. The van der Waals surface area contributed by atoms with E-state index in [4.69, 9.17) is 9.47 Å². The van der Waals surface area contributed by atoms with Crippen LogP contribution < -0.4 is 10.1 Å². The minimum atomic E-state index is -0.688. The SMILES string of the molecule is CNc1ccc2c(c1)[C@@H](OC)[C@H](O)C(C)(C)O2. The lowest BCUT2D eigenvalue weighted by Crippen LogP contribution is -2.49. The smallest absolute Gasteiger partial charge is 0.132 e. The molecule has 1 heterocycles. The van der Waals surface area contributed by atoms with Gasteiger partial charge in [-0.05, 0) is 32.0 Å².